The van der Waals surface area contributed by atoms with Crippen molar-refractivity contribution in [2.24, 2.45) is 0 Å². The molecule has 0 heterocycles. The van der Waals surface area contributed by atoms with E-state index in [1.807, 2.05) is 0 Å². The van der Waals surface area contributed by atoms with Gasteiger partial charge in [0.25, 0.3) is 0 Å². The van der Waals surface area contributed by atoms with Crippen molar-refractivity contribution in [3.05, 3.63) is 0 Å². The number of hydrogen-bond donors (Lipinski definition) is 1. The van der Waals surface area contributed by atoms with Crippen LogP contribution in [0.3, 0.4) is 0 Å². The van der Waals surface area contributed by atoms with Crippen molar-refractivity contribution in [2.45, 2.75) is 322 Å². The Bertz CT molecular complexity index is 987. The molecule has 0 aromatic rings. The minimum Gasteiger partial charge on any atom is -0.548 e. The molecule has 0 aliphatic heterocycles. The summed E-state index contributed by atoms with van der Waals surface area (Å²) >= 11 is 2.22. The fourth-order valence-corrected chi connectivity index (χ4v) is 10.4. The summed E-state index contributed by atoms with van der Waals surface area (Å²) in [5, 5.41) is 12.7. The average molecular weight is 958 g/mol. The first-order valence-corrected chi connectivity index (χ1v) is 30.5. The minimum absolute atomic E-state index is 0. The normalized spacial score (nSPS) is 11.2. The van der Waals surface area contributed by atoms with E-state index in [4.69, 9.17) is 0 Å². The van der Waals surface area contributed by atoms with Gasteiger partial charge in [0.05, 0.1) is 12.5 Å². The fraction of sp³-hybridized carbons (Fsp3) is 0.948. The molecule has 0 bridgehead atoms. The third kappa shape index (κ3) is 56.3. The Hall–Kier alpha value is -0.240. The Morgan fingerprint density at radius 1 is 0.379 bits per heavy atom. The van der Waals surface area contributed by atoms with Gasteiger partial charge in [-0.2, -0.15) is 11.8 Å². The molecular formula is C58H113N2NaO4S. The summed E-state index contributed by atoms with van der Waals surface area (Å²) in [6.45, 7) is 5.70. The fourth-order valence-electron chi connectivity index (χ4n) is 9.40. The van der Waals surface area contributed by atoms with Crippen LogP contribution in [0, 0.1) is 0 Å². The summed E-state index contributed by atoms with van der Waals surface area (Å²) in [5.41, 5.74) is 0. The van der Waals surface area contributed by atoms with E-state index in [1.54, 1.807) is 0 Å². The Morgan fingerprint density at radius 3 is 0.955 bits per heavy atom. The zero-order chi connectivity index (χ0) is 47.2. The van der Waals surface area contributed by atoms with E-state index in [1.165, 1.54) is 262 Å². The predicted molar refractivity (Wildman–Crippen MR) is 285 cm³/mol. The van der Waals surface area contributed by atoms with E-state index >= 15 is 0 Å². The molecule has 0 rings (SSSR count). The van der Waals surface area contributed by atoms with E-state index in [0.717, 1.165) is 58.0 Å². The number of nitrogens with zero attached hydrogens (tertiary/aromatic N) is 1. The van der Waals surface area contributed by atoms with Crippen LogP contribution in [0.25, 0.3) is 0 Å². The van der Waals surface area contributed by atoms with E-state index < -0.39 is 12.5 Å². The molecule has 0 aromatic carbocycles. The van der Waals surface area contributed by atoms with E-state index in [9.17, 15) is 19.5 Å². The van der Waals surface area contributed by atoms with Gasteiger partial charge in [-0.25, -0.2) is 0 Å². The maximum atomic E-state index is 12.7. The second kappa shape index (κ2) is 59.1. The van der Waals surface area contributed by atoms with Crippen LogP contribution in [-0.2, 0) is 14.4 Å². The summed E-state index contributed by atoms with van der Waals surface area (Å²) in [7, 11) is 0. The number of rotatable bonds is 56. The molecule has 0 unspecified atom stereocenters. The van der Waals surface area contributed by atoms with Crippen molar-refractivity contribution in [2.75, 3.05) is 31.1 Å². The first kappa shape index (κ1) is 67.8. The minimum atomic E-state index is -1.25. The van der Waals surface area contributed by atoms with Gasteiger partial charge in [0, 0.05) is 25.9 Å². The zero-order valence-electron chi connectivity index (χ0n) is 45.0. The summed E-state index contributed by atoms with van der Waals surface area (Å²) < 4.78 is 0. The number of hydrogen-bond acceptors (Lipinski definition) is 5. The molecule has 0 saturated heterocycles. The Labute approximate surface area is 439 Å². The number of aliphatic carboxylic acids is 1. The third-order valence-electron chi connectivity index (χ3n) is 13.8. The second-order valence-corrected chi connectivity index (χ2v) is 21.4. The van der Waals surface area contributed by atoms with Crippen LogP contribution in [0.4, 0.5) is 0 Å². The molecule has 0 atom stereocenters. The topological polar surface area (TPSA) is 89.5 Å². The molecule has 66 heavy (non-hydrogen) atoms. The monoisotopic (exact) mass is 957 g/mol. The van der Waals surface area contributed by atoms with Gasteiger partial charge in [-0.3, -0.25) is 9.59 Å². The van der Waals surface area contributed by atoms with Gasteiger partial charge in [-0.15, -0.1) is 0 Å². The van der Waals surface area contributed by atoms with Crippen molar-refractivity contribution in [1.29, 1.82) is 0 Å². The molecule has 8 heteroatoms. The SMILES string of the molecule is CCCCCCCCCCCCSCCCCCCCCCCCCCCCCCCCCCCCCCCCCCCC(=O)N(CC)CCCCCCCCCCC(=O)NCC(=O)[O-].[Na+]. The molecule has 0 spiro atoms. The van der Waals surface area contributed by atoms with Gasteiger partial charge in [0.2, 0.25) is 11.8 Å². The smallest absolute Gasteiger partial charge is 0.548 e. The van der Waals surface area contributed by atoms with E-state index in [-0.39, 0.29) is 35.5 Å². The quantitative estimate of drug-likeness (QED) is 0.0485. The standard InChI is InChI=1S/C58H114N2O4S.Na/c1-3-5-6-7-8-9-33-38-43-48-53-65-54-49-44-39-34-29-27-25-23-21-19-17-15-13-11-10-12-14-16-18-20-22-24-26-28-30-36-41-46-51-57(62)60(4-2)52-47-42-37-32-31-35-40-45-50-56(61)59-55-58(63)64;/h3-55H2,1-2H3,(H,59,61)(H,63,64);/q;+1/p-1. The van der Waals surface area contributed by atoms with Crippen molar-refractivity contribution in [3.8, 4) is 0 Å². The number of carbonyl (C=O) groups is 3. The van der Waals surface area contributed by atoms with Crippen LogP contribution < -0.4 is 40.0 Å². The van der Waals surface area contributed by atoms with Gasteiger partial charge in [-0.1, -0.05) is 270 Å². The van der Waals surface area contributed by atoms with Crippen molar-refractivity contribution in [3.63, 3.8) is 0 Å². The number of amides is 2. The molecule has 386 valence electrons. The van der Waals surface area contributed by atoms with E-state index in [2.05, 4.69) is 35.8 Å². The first-order valence-electron chi connectivity index (χ1n) is 29.3. The number of carbonyl (C=O) groups excluding carboxylic acids is 3. The van der Waals surface area contributed by atoms with Gasteiger partial charge in [0.1, 0.15) is 0 Å². The molecule has 0 fully saturated rings. The predicted octanol–water partition coefficient (Wildman–Crippen LogP) is 14.2. The van der Waals surface area contributed by atoms with Crippen LogP contribution in [0.5, 0.6) is 0 Å². The van der Waals surface area contributed by atoms with Crippen LogP contribution in [-0.4, -0.2) is 53.8 Å². The number of nitrogens with one attached hydrogen (secondary N) is 1. The molecule has 0 aliphatic carbocycles. The van der Waals surface area contributed by atoms with Crippen LogP contribution in [0.15, 0.2) is 0 Å². The van der Waals surface area contributed by atoms with E-state index in [0.29, 0.717) is 18.7 Å². The number of thioether (sulfide) groups is 1. The van der Waals surface area contributed by atoms with Crippen LogP contribution >= 0.6 is 11.8 Å². The second-order valence-electron chi connectivity index (χ2n) is 20.1. The van der Waals surface area contributed by atoms with Crippen LogP contribution in [0.1, 0.15) is 322 Å². The van der Waals surface area contributed by atoms with Crippen molar-refractivity contribution in [1.82, 2.24) is 10.2 Å². The van der Waals surface area contributed by atoms with Crippen LogP contribution in [0.2, 0.25) is 0 Å². The first-order chi connectivity index (χ1) is 32.0. The van der Waals surface area contributed by atoms with Crippen molar-refractivity contribution >= 4 is 29.5 Å². The average Bonchev–Trinajstić information content (AvgIpc) is 3.30. The Balaban J connectivity index is 0. The van der Waals surface area contributed by atoms with Gasteiger partial charge < -0.3 is 20.1 Å². The molecule has 0 aromatic heterocycles. The Kier molecular flexibility index (Phi) is 60.7. The summed E-state index contributed by atoms with van der Waals surface area (Å²) in [4.78, 5) is 36.7. The Morgan fingerprint density at radius 2 is 0.652 bits per heavy atom. The maximum Gasteiger partial charge on any atom is 1.00 e. The molecule has 0 saturated carbocycles. The van der Waals surface area contributed by atoms with Crippen molar-refractivity contribution < 1.29 is 49.0 Å². The number of unbranched alkanes of at least 4 members (excludes halogenated alkanes) is 43. The zero-order valence-corrected chi connectivity index (χ0v) is 47.8. The third-order valence-corrected chi connectivity index (χ3v) is 15.0. The summed E-state index contributed by atoms with van der Waals surface area (Å²) in [6.07, 6.45) is 63.9. The number of carboxylic acids is 1. The molecule has 0 radical (unpaired) electrons. The molecule has 0 aliphatic rings. The molecular weight excluding hydrogens is 844 g/mol. The molecule has 6 nitrogen and oxygen atoms in total. The summed E-state index contributed by atoms with van der Waals surface area (Å²) in [6, 6.07) is 0. The van der Waals surface area contributed by atoms with Gasteiger partial charge >= 0.3 is 29.6 Å². The number of carboxylic acid groups (broad SMARTS) is 1. The maximum absolute atomic E-state index is 12.7. The molecule has 2 amide bonds. The summed E-state index contributed by atoms with van der Waals surface area (Å²) in [5.74, 6) is 1.67. The van der Waals surface area contributed by atoms with Gasteiger partial charge in [0.15, 0.2) is 0 Å². The largest absolute Gasteiger partial charge is 1.00 e. The van der Waals surface area contributed by atoms with Gasteiger partial charge in [-0.05, 0) is 50.5 Å². The molecule has 1 N–H and O–H groups in total.